The van der Waals surface area contributed by atoms with E-state index in [1.165, 1.54) is 6.07 Å². The minimum Gasteiger partial charge on any atom is -0.489 e. The molecule has 1 aromatic carbocycles. The molecule has 0 spiro atoms. The fraction of sp³-hybridized carbons (Fsp3) is 0.429. The van der Waals surface area contributed by atoms with E-state index >= 15 is 0 Å². The number of nitrogens with zero attached hydrogens (tertiary/aromatic N) is 1. The summed E-state index contributed by atoms with van der Waals surface area (Å²) < 4.78 is 5.58. The highest BCUT2D eigenvalue weighted by molar-refractivity contribution is 5.48. The molecule has 0 aliphatic heterocycles. The molecule has 5 nitrogen and oxygen atoms in total. The average Bonchev–Trinajstić information content (AvgIpc) is 2.37. The Hall–Kier alpha value is -1.88. The lowest BCUT2D eigenvalue weighted by Crippen LogP contribution is -2.20. The van der Waals surface area contributed by atoms with Crippen LogP contribution in [0.25, 0.3) is 0 Å². The van der Waals surface area contributed by atoms with Crippen LogP contribution in [0.15, 0.2) is 30.4 Å². The number of benzene rings is 1. The van der Waals surface area contributed by atoms with Gasteiger partial charge in [0.25, 0.3) is 5.69 Å². The third kappa shape index (κ3) is 4.71. The van der Waals surface area contributed by atoms with Crippen molar-refractivity contribution < 1.29 is 9.66 Å². The molecule has 0 atom stereocenters. The van der Waals surface area contributed by atoms with Gasteiger partial charge in [0.15, 0.2) is 0 Å². The molecule has 0 aromatic heterocycles. The van der Waals surface area contributed by atoms with Crippen molar-refractivity contribution in [3.05, 3.63) is 46.0 Å². The van der Waals surface area contributed by atoms with Crippen molar-refractivity contribution in [3.63, 3.8) is 0 Å². The molecule has 0 radical (unpaired) electrons. The summed E-state index contributed by atoms with van der Waals surface area (Å²) in [6.07, 6.45) is 1.07. The Morgan fingerprint density at radius 3 is 2.89 bits per heavy atom. The highest BCUT2D eigenvalue weighted by atomic mass is 16.6. The van der Waals surface area contributed by atoms with Crippen LogP contribution in [-0.2, 0) is 0 Å². The topological polar surface area (TPSA) is 64.4 Å². The lowest BCUT2D eigenvalue weighted by molar-refractivity contribution is -0.385. The van der Waals surface area contributed by atoms with Gasteiger partial charge in [-0.05, 0) is 31.5 Å². The van der Waals surface area contributed by atoms with E-state index in [1.807, 2.05) is 0 Å². The van der Waals surface area contributed by atoms with E-state index < -0.39 is 4.92 Å². The quantitative estimate of drug-likeness (QED) is 0.339. The summed E-state index contributed by atoms with van der Waals surface area (Å²) in [6, 6.07) is 4.83. The van der Waals surface area contributed by atoms with Crippen LogP contribution in [0.1, 0.15) is 18.9 Å². The minimum absolute atomic E-state index is 0.0761. The summed E-state index contributed by atoms with van der Waals surface area (Å²) in [5.74, 6) is 0.533. The maximum atomic E-state index is 10.8. The maximum Gasteiger partial charge on any atom is 0.276 e. The second-order valence-corrected chi connectivity index (χ2v) is 4.37. The number of hydrogen-bond donors (Lipinski definition) is 1. The molecule has 1 N–H and O–H groups in total. The third-order valence-electron chi connectivity index (χ3n) is 2.69. The van der Waals surface area contributed by atoms with Crippen LogP contribution in [0.5, 0.6) is 5.75 Å². The first-order valence-corrected chi connectivity index (χ1v) is 6.30. The molecule has 104 valence electrons. The van der Waals surface area contributed by atoms with Gasteiger partial charge in [-0.1, -0.05) is 19.6 Å². The standard InChI is InChI=1S/C14H20N2O3/c1-4-8-15-9-11(2)10-19-14-7-5-6-13(12(14)3)16(17)18/h5-7,15H,2,4,8-10H2,1,3H3. The smallest absolute Gasteiger partial charge is 0.276 e. The van der Waals surface area contributed by atoms with Crippen LogP contribution in [0.2, 0.25) is 0 Å². The summed E-state index contributed by atoms with van der Waals surface area (Å²) in [5, 5.41) is 14.0. The van der Waals surface area contributed by atoms with Gasteiger partial charge in [0.2, 0.25) is 0 Å². The number of nitrogens with one attached hydrogen (secondary N) is 1. The van der Waals surface area contributed by atoms with Crippen LogP contribution >= 0.6 is 0 Å². The Kier molecular flexibility index (Phi) is 6.02. The lowest BCUT2D eigenvalue weighted by Gasteiger charge is -2.11. The van der Waals surface area contributed by atoms with Gasteiger partial charge in [-0.15, -0.1) is 0 Å². The van der Waals surface area contributed by atoms with Crippen molar-refractivity contribution in [2.75, 3.05) is 19.7 Å². The molecule has 0 bridgehead atoms. The monoisotopic (exact) mass is 264 g/mol. The fourth-order valence-electron chi connectivity index (χ4n) is 1.63. The van der Waals surface area contributed by atoms with Gasteiger partial charge in [0.1, 0.15) is 12.4 Å². The molecular formula is C14H20N2O3. The largest absolute Gasteiger partial charge is 0.489 e. The van der Waals surface area contributed by atoms with Crippen molar-refractivity contribution in [2.45, 2.75) is 20.3 Å². The van der Waals surface area contributed by atoms with E-state index in [0.717, 1.165) is 18.5 Å². The van der Waals surface area contributed by atoms with Crippen LogP contribution < -0.4 is 10.1 Å². The zero-order valence-electron chi connectivity index (χ0n) is 11.4. The molecule has 19 heavy (non-hydrogen) atoms. The van der Waals surface area contributed by atoms with Crippen molar-refractivity contribution in [2.24, 2.45) is 0 Å². The van der Waals surface area contributed by atoms with Crippen LogP contribution in [0.4, 0.5) is 5.69 Å². The van der Waals surface area contributed by atoms with Gasteiger partial charge in [-0.25, -0.2) is 0 Å². The highest BCUT2D eigenvalue weighted by Gasteiger charge is 2.14. The van der Waals surface area contributed by atoms with Crippen molar-refractivity contribution in [3.8, 4) is 5.75 Å². The molecule has 0 aliphatic rings. The van der Waals surface area contributed by atoms with E-state index in [9.17, 15) is 10.1 Å². The van der Waals surface area contributed by atoms with Gasteiger partial charge < -0.3 is 10.1 Å². The molecule has 0 heterocycles. The fourth-order valence-corrected chi connectivity index (χ4v) is 1.63. The Balaban J connectivity index is 2.56. The van der Waals surface area contributed by atoms with E-state index in [-0.39, 0.29) is 5.69 Å². The second-order valence-electron chi connectivity index (χ2n) is 4.37. The number of nitro benzene ring substituents is 1. The molecule has 0 fully saturated rings. The normalized spacial score (nSPS) is 10.2. The summed E-state index contributed by atoms with van der Waals surface area (Å²) in [6.45, 7) is 9.68. The van der Waals surface area contributed by atoms with Gasteiger partial charge in [0, 0.05) is 12.6 Å². The molecule has 1 aromatic rings. The SMILES string of the molecule is C=C(CNCCC)COc1cccc([N+](=O)[O-])c1C. The van der Waals surface area contributed by atoms with Crippen LogP contribution in [-0.4, -0.2) is 24.6 Å². The maximum absolute atomic E-state index is 10.8. The van der Waals surface area contributed by atoms with Crippen LogP contribution in [0, 0.1) is 17.0 Å². The molecule has 0 amide bonds. The third-order valence-corrected chi connectivity index (χ3v) is 2.69. The summed E-state index contributed by atoms with van der Waals surface area (Å²) >= 11 is 0. The number of ether oxygens (including phenoxy) is 1. The lowest BCUT2D eigenvalue weighted by atomic mass is 10.2. The predicted octanol–water partition coefficient (Wildman–Crippen LogP) is 2.84. The molecule has 0 saturated heterocycles. The Morgan fingerprint density at radius 1 is 1.53 bits per heavy atom. The van der Waals surface area contributed by atoms with E-state index in [2.05, 4.69) is 18.8 Å². The highest BCUT2D eigenvalue weighted by Crippen LogP contribution is 2.27. The molecule has 0 unspecified atom stereocenters. The number of nitro groups is 1. The Labute approximate surface area is 113 Å². The van der Waals surface area contributed by atoms with E-state index in [1.54, 1.807) is 19.1 Å². The number of rotatable bonds is 8. The van der Waals surface area contributed by atoms with E-state index in [0.29, 0.717) is 24.5 Å². The number of hydrogen-bond acceptors (Lipinski definition) is 4. The average molecular weight is 264 g/mol. The second kappa shape index (κ2) is 7.53. The van der Waals surface area contributed by atoms with Crippen LogP contribution in [0.3, 0.4) is 0 Å². The first-order valence-electron chi connectivity index (χ1n) is 6.30. The summed E-state index contributed by atoms with van der Waals surface area (Å²) in [4.78, 5) is 10.4. The zero-order chi connectivity index (χ0) is 14.3. The molecule has 1 rings (SSSR count). The van der Waals surface area contributed by atoms with Gasteiger partial charge in [-0.2, -0.15) is 0 Å². The summed E-state index contributed by atoms with van der Waals surface area (Å²) in [5.41, 5.74) is 1.54. The molecule has 5 heteroatoms. The predicted molar refractivity (Wildman–Crippen MR) is 75.6 cm³/mol. The van der Waals surface area contributed by atoms with Gasteiger partial charge in [0.05, 0.1) is 10.5 Å². The first kappa shape index (κ1) is 15.2. The van der Waals surface area contributed by atoms with E-state index in [4.69, 9.17) is 4.74 Å². The molecular weight excluding hydrogens is 244 g/mol. The zero-order valence-corrected chi connectivity index (χ0v) is 11.4. The molecule has 0 saturated carbocycles. The minimum atomic E-state index is -0.403. The molecule has 0 aliphatic carbocycles. The van der Waals surface area contributed by atoms with Crippen molar-refractivity contribution in [1.29, 1.82) is 0 Å². The Morgan fingerprint density at radius 2 is 2.26 bits per heavy atom. The van der Waals surface area contributed by atoms with Crippen molar-refractivity contribution >= 4 is 5.69 Å². The Bertz CT molecular complexity index is 458. The first-order chi connectivity index (χ1) is 9.06. The van der Waals surface area contributed by atoms with Gasteiger partial charge in [-0.3, -0.25) is 10.1 Å². The summed E-state index contributed by atoms with van der Waals surface area (Å²) in [7, 11) is 0. The van der Waals surface area contributed by atoms with Gasteiger partial charge >= 0.3 is 0 Å². The van der Waals surface area contributed by atoms with Crippen molar-refractivity contribution in [1.82, 2.24) is 5.32 Å².